The van der Waals surface area contributed by atoms with Gasteiger partial charge in [-0.05, 0) is 52.7 Å². The molecule has 47 heavy (non-hydrogen) atoms. The van der Waals surface area contributed by atoms with Gasteiger partial charge in [0.25, 0.3) is 0 Å². The molecule has 0 fully saturated rings. The van der Waals surface area contributed by atoms with E-state index in [1.54, 1.807) is 41.5 Å². The number of esters is 2. The summed E-state index contributed by atoms with van der Waals surface area (Å²) in [6.45, 7) is 9.80. The molecule has 12 nitrogen and oxygen atoms in total. The molecule has 0 aromatic heterocycles. The van der Waals surface area contributed by atoms with Gasteiger partial charge in [-0.1, -0.05) is 60.7 Å². The minimum Gasteiger partial charge on any atom is -0.464 e. The van der Waals surface area contributed by atoms with Crippen LogP contribution in [-0.4, -0.2) is 98.1 Å². The maximum absolute atomic E-state index is 13.4. The van der Waals surface area contributed by atoms with E-state index in [0.717, 1.165) is 11.1 Å². The molecule has 0 radical (unpaired) electrons. The first-order valence-electron chi connectivity index (χ1n) is 15.5. The summed E-state index contributed by atoms with van der Waals surface area (Å²) in [4.78, 5) is 55.3. The Hall–Kier alpha value is -4.16. The zero-order valence-electron chi connectivity index (χ0n) is 28.9. The van der Waals surface area contributed by atoms with Gasteiger partial charge in [-0.2, -0.15) is 0 Å². The molecule has 12 heteroatoms. The standard InChI is InChI=1S/C35H50N2O10/c1-34(2,3)46-32(40)36(24-42-7)28(22-26-16-11-9-12-17-26)30(38)44-20-15-21-45-31(39)29(23-27-18-13-10-14-19-27)37(25-43-8)33(41)47-35(4,5)6/h9-14,16-19,28-29H,15,20-25H2,1-8H3/t28-,29-/m0/s1. The zero-order valence-corrected chi connectivity index (χ0v) is 28.9. The number of hydrogen-bond acceptors (Lipinski definition) is 10. The van der Waals surface area contributed by atoms with Crippen LogP contribution in [0.5, 0.6) is 0 Å². The smallest absolute Gasteiger partial charge is 0.412 e. The minimum absolute atomic E-state index is 0.0935. The van der Waals surface area contributed by atoms with Gasteiger partial charge in [-0.15, -0.1) is 0 Å². The predicted octanol–water partition coefficient (Wildman–Crippen LogP) is 5.37. The van der Waals surface area contributed by atoms with E-state index in [1.807, 2.05) is 60.7 Å². The van der Waals surface area contributed by atoms with Crippen LogP contribution in [0.15, 0.2) is 60.7 Å². The van der Waals surface area contributed by atoms with Crippen LogP contribution in [0.3, 0.4) is 0 Å². The molecular weight excluding hydrogens is 608 g/mol. The highest BCUT2D eigenvalue weighted by Crippen LogP contribution is 2.18. The van der Waals surface area contributed by atoms with Crippen LogP contribution in [-0.2, 0) is 50.9 Å². The maximum Gasteiger partial charge on any atom is 0.412 e. The van der Waals surface area contributed by atoms with Crippen LogP contribution < -0.4 is 0 Å². The highest BCUT2D eigenvalue weighted by atomic mass is 16.6. The monoisotopic (exact) mass is 658 g/mol. The number of amides is 2. The van der Waals surface area contributed by atoms with Crippen LogP contribution in [0.25, 0.3) is 0 Å². The average molecular weight is 659 g/mol. The molecule has 2 amide bonds. The summed E-state index contributed by atoms with van der Waals surface area (Å²) in [6, 6.07) is 16.3. The summed E-state index contributed by atoms with van der Waals surface area (Å²) in [7, 11) is 2.83. The minimum atomic E-state index is -1.04. The molecule has 0 aliphatic carbocycles. The van der Waals surface area contributed by atoms with Gasteiger partial charge in [0.05, 0.1) is 13.2 Å². The second kappa shape index (κ2) is 18.9. The molecule has 0 aliphatic rings. The molecule has 2 aromatic rings. The van der Waals surface area contributed by atoms with E-state index in [-0.39, 0.29) is 45.9 Å². The van der Waals surface area contributed by atoms with Gasteiger partial charge in [-0.25, -0.2) is 19.2 Å². The molecular formula is C35H50N2O10. The van der Waals surface area contributed by atoms with E-state index < -0.39 is 47.4 Å². The van der Waals surface area contributed by atoms with Gasteiger partial charge in [-0.3, -0.25) is 9.80 Å². The van der Waals surface area contributed by atoms with Gasteiger partial charge < -0.3 is 28.4 Å². The lowest BCUT2D eigenvalue weighted by Crippen LogP contribution is -2.50. The van der Waals surface area contributed by atoms with Crippen molar-refractivity contribution in [2.75, 3.05) is 40.9 Å². The topological polar surface area (TPSA) is 130 Å². The first kappa shape index (κ1) is 39.0. The number of ether oxygens (including phenoxy) is 6. The number of hydrogen-bond donors (Lipinski definition) is 0. The Labute approximate surface area is 278 Å². The fraction of sp³-hybridized carbons (Fsp3) is 0.543. The Balaban J connectivity index is 2.12. The van der Waals surface area contributed by atoms with Crippen LogP contribution in [0.1, 0.15) is 59.1 Å². The molecule has 0 N–H and O–H groups in total. The molecule has 0 heterocycles. The SMILES string of the molecule is COCN(C(=O)OC(C)(C)C)[C@@H](Cc1ccccc1)C(=O)OCCCOC(=O)[C@H](Cc1ccccc1)N(COC)C(=O)OC(C)(C)C. The first-order chi connectivity index (χ1) is 22.1. The van der Waals surface area contributed by atoms with Crippen molar-refractivity contribution in [3.8, 4) is 0 Å². The van der Waals surface area contributed by atoms with Crippen molar-refractivity contribution in [3.05, 3.63) is 71.8 Å². The number of carbonyl (C=O) groups excluding carboxylic acids is 4. The van der Waals surface area contributed by atoms with Gasteiger partial charge in [0.2, 0.25) is 0 Å². The second-order valence-corrected chi connectivity index (χ2v) is 12.8. The Morgan fingerprint density at radius 1 is 0.596 bits per heavy atom. The lowest BCUT2D eigenvalue weighted by molar-refractivity contribution is -0.154. The highest BCUT2D eigenvalue weighted by Gasteiger charge is 2.36. The second-order valence-electron chi connectivity index (χ2n) is 12.8. The lowest BCUT2D eigenvalue weighted by Gasteiger charge is -2.32. The van der Waals surface area contributed by atoms with Crippen LogP contribution in [0.2, 0.25) is 0 Å². The summed E-state index contributed by atoms with van der Waals surface area (Å²) in [6.07, 6.45) is -0.944. The summed E-state index contributed by atoms with van der Waals surface area (Å²) in [5.74, 6) is -1.33. The fourth-order valence-corrected chi connectivity index (χ4v) is 4.37. The van der Waals surface area contributed by atoms with Crippen molar-refractivity contribution in [1.82, 2.24) is 9.80 Å². The van der Waals surface area contributed by atoms with Crippen molar-refractivity contribution >= 4 is 24.1 Å². The van der Waals surface area contributed by atoms with Crippen molar-refractivity contribution in [3.63, 3.8) is 0 Å². The summed E-state index contributed by atoms with van der Waals surface area (Å²) in [5, 5.41) is 0. The molecule has 0 aliphatic heterocycles. The zero-order chi connectivity index (χ0) is 35.0. The van der Waals surface area contributed by atoms with Gasteiger partial charge in [0, 0.05) is 33.5 Å². The third-order valence-electron chi connectivity index (χ3n) is 6.41. The summed E-state index contributed by atoms with van der Waals surface area (Å²) < 4.78 is 32.7. The summed E-state index contributed by atoms with van der Waals surface area (Å²) >= 11 is 0. The maximum atomic E-state index is 13.4. The predicted molar refractivity (Wildman–Crippen MR) is 174 cm³/mol. The Morgan fingerprint density at radius 3 is 1.23 bits per heavy atom. The Morgan fingerprint density at radius 2 is 0.936 bits per heavy atom. The number of carbonyl (C=O) groups is 4. The first-order valence-corrected chi connectivity index (χ1v) is 15.5. The third kappa shape index (κ3) is 14.4. The number of nitrogens with zero attached hydrogens (tertiary/aromatic N) is 2. The van der Waals surface area contributed by atoms with Crippen molar-refractivity contribution in [1.29, 1.82) is 0 Å². The van der Waals surface area contributed by atoms with E-state index in [1.165, 1.54) is 24.0 Å². The number of rotatable bonds is 16. The molecule has 0 spiro atoms. The molecule has 0 unspecified atom stereocenters. The molecule has 0 saturated heterocycles. The van der Waals surface area contributed by atoms with E-state index >= 15 is 0 Å². The molecule has 0 bridgehead atoms. The summed E-state index contributed by atoms with van der Waals surface area (Å²) in [5.41, 5.74) is 0.0233. The molecule has 260 valence electrons. The van der Waals surface area contributed by atoms with Crippen LogP contribution in [0, 0.1) is 0 Å². The number of methoxy groups -OCH3 is 2. The van der Waals surface area contributed by atoms with Crippen LogP contribution in [0.4, 0.5) is 9.59 Å². The molecule has 0 saturated carbocycles. The molecule has 2 atom stereocenters. The average Bonchev–Trinajstić information content (AvgIpc) is 2.99. The largest absolute Gasteiger partial charge is 0.464 e. The Bertz CT molecular complexity index is 1160. The number of benzene rings is 2. The Kier molecular flexibility index (Phi) is 15.7. The highest BCUT2D eigenvalue weighted by molar-refractivity contribution is 5.82. The van der Waals surface area contributed by atoms with Crippen molar-refractivity contribution < 1.29 is 47.6 Å². The fourth-order valence-electron chi connectivity index (χ4n) is 4.37. The lowest BCUT2D eigenvalue weighted by atomic mass is 10.1. The quantitative estimate of drug-likeness (QED) is 0.100. The van der Waals surface area contributed by atoms with E-state index in [4.69, 9.17) is 28.4 Å². The molecule has 2 aromatic carbocycles. The van der Waals surface area contributed by atoms with E-state index in [2.05, 4.69) is 0 Å². The van der Waals surface area contributed by atoms with Crippen LogP contribution >= 0.6 is 0 Å². The van der Waals surface area contributed by atoms with Gasteiger partial charge >= 0.3 is 24.1 Å². The van der Waals surface area contributed by atoms with Crippen molar-refractivity contribution in [2.24, 2.45) is 0 Å². The van der Waals surface area contributed by atoms with Gasteiger partial charge in [0.1, 0.15) is 36.7 Å². The molecule has 2 rings (SSSR count). The normalized spacial score (nSPS) is 12.8. The van der Waals surface area contributed by atoms with Crippen molar-refractivity contribution in [2.45, 2.75) is 84.1 Å². The van der Waals surface area contributed by atoms with E-state index in [9.17, 15) is 19.2 Å². The third-order valence-corrected chi connectivity index (χ3v) is 6.41. The van der Waals surface area contributed by atoms with Gasteiger partial charge in [0.15, 0.2) is 0 Å². The van der Waals surface area contributed by atoms with E-state index in [0.29, 0.717) is 0 Å².